The molecule has 0 bridgehead atoms. The topological polar surface area (TPSA) is 48.1 Å². The van der Waals surface area contributed by atoms with Gasteiger partial charge in [-0.3, -0.25) is 0 Å². The van der Waals surface area contributed by atoms with Crippen molar-refractivity contribution in [1.82, 2.24) is 4.98 Å². The summed E-state index contributed by atoms with van der Waals surface area (Å²) in [5.41, 5.74) is 5.62. The van der Waals surface area contributed by atoms with Gasteiger partial charge in [0.15, 0.2) is 0 Å². The van der Waals surface area contributed by atoms with Crippen molar-refractivity contribution in [1.29, 1.82) is 0 Å². The predicted octanol–water partition coefficient (Wildman–Crippen LogP) is 2.50. The van der Waals surface area contributed by atoms with Gasteiger partial charge >= 0.3 is 0 Å². The van der Waals surface area contributed by atoms with Crippen molar-refractivity contribution < 1.29 is 13.5 Å². The largest absolute Gasteiger partial charge is 0.481 e. The molecule has 1 aromatic rings. The average molecular weight is 267 g/mol. The molecule has 0 saturated carbocycles. The second-order valence-electron chi connectivity index (χ2n) is 2.56. The molecule has 0 amide bonds. The molecule has 2 N–H and O–H groups in total. The molecule has 0 saturated heterocycles. The van der Waals surface area contributed by atoms with Crippen LogP contribution in [0.2, 0.25) is 0 Å². The van der Waals surface area contributed by atoms with Crippen LogP contribution < -0.4 is 10.5 Å². The number of pyridine rings is 1. The van der Waals surface area contributed by atoms with E-state index in [1.165, 1.54) is 13.2 Å². The van der Waals surface area contributed by atoms with Crippen LogP contribution in [0.5, 0.6) is 5.88 Å². The van der Waals surface area contributed by atoms with Crippen molar-refractivity contribution in [3.8, 4) is 5.88 Å². The molecule has 1 heterocycles. The number of hydrogen-bond acceptors (Lipinski definition) is 3. The van der Waals surface area contributed by atoms with Gasteiger partial charge in [0, 0.05) is 11.4 Å². The van der Waals surface area contributed by atoms with Crippen molar-refractivity contribution in [2.75, 3.05) is 12.8 Å². The van der Waals surface area contributed by atoms with E-state index in [1.54, 1.807) is 0 Å². The van der Waals surface area contributed by atoms with E-state index < -0.39 is 12.1 Å². The quantitative estimate of drug-likeness (QED) is 0.856. The van der Waals surface area contributed by atoms with Gasteiger partial charge in [0.1, 0.15) is 5.69 Å². The lowest BCUT2D eigenvalue weighted by molar-refractivity contribution is 0.146. The average Bonchev–Trinajstić information content (AvgIpc) is 2.17. The molecular weight excluding hydrogens is 258 g/mol. The summed E-state index contributed by atoms with van der Waals surface area (Å²) in [5, 5.41) is 0.386. The van der Waals surface area contributed by atoms with E-state index in [9.17, 15) is 8.78 Å². The minimum absolute atomic E-state index is 0.0117. The van der Waals surface area contributed by atoms with Crippen molar-refractivity contribution in [2.24, 2.45) is 0 Å². The third kappa shape index (κ3) is 2.12. The first-order chi connectivity index (χ1) is 6.60. The van der Waals surface area contributed by atoms with Crippen LogP contribution in [-0.2, 0) is 5.33 Å². The second kappa shape index (κ2) is 4.54. The number of halogens is 3. The Bertz CT molecular complexity index is 333. The monoisotopic (exact) mass is 266 g/mol. The zero-order valence-corrected chi connectivity index (χ0v) is 9.01. The summed E-state index contributed by atoms with van der Waals surface area (Å²) in [7, 11) is 1.37. The highest BCUT2D eigenvalue weighted by molar-refractivity contribution is 9.08. The second-order valence-corrected chi connectivity index (χ2v) is 3.12. The lowest BCUT2D eigenvalue weighted by Crippen LogP contribution is -2.04. The van der Waals surface area contributed by atoms with Crippen molar-refractivity contribution in [2.45, 2.75) is 11.8 Å². The fraction of sp³-hybridized carbons (Fsp3) is 0.375. The van der Waals surface area contributed by atoms with Gasteiger partial charge in [0.05, 0.1) is 12.8 Å². The van der Waals surface area contributed by atoms with Gasteiger partial charge in [-0.25, -0.2) is 13.8 Å². The standard InChI is InChI=1S/C8H9BrF2N2O/c1-14-5-2-4(3-9)6(12)7(13-5)8(10)11/h2,8H,3,12H2,1H3. The molecule has 1 aromatic heterocycles. The lowest BCUT2D eigenvalue weighted by atomic mass is 10.2. The molecule has 0 atom stereocenters. The molecule has 0 aliphatic rings. The molecule has 0 spiro atoms. The summed E-state index contributed by atoms with van der Waals surface area (Å²) in [6.07, 6.45) is -2.69. The Balaban J connectivity index is 3.27. The molecular formula is C8H9BrF2N2O. The van der Waals surface area contributed by atoms with E-state index >= 15 is 0 Å². The van der Waals surface area contributed by atoms with Crippen molar-refractivity contribution in [3.05, 3.63) is 17.3 Å². The van der Waals surface area contributed by atoms with Crippen molar-refractivity contribution >= 4 is 21.6 Å². The van der Waals surface area contributed by atoms with Crippen LogP contribution in [0.15, 0.2) is 6.07 Å². The summed E-state index contributed by atoms with van der Waals surface area (Å²) in [6, 6.07) is 1.52. The zero-order valence-electron chi connectivity index (χ0n) is 7.43. The number of hydrogen-bond donors (Lipinski definition) is 1. The molecule has 0 aliphatic heterocycles. The maximum absolute atomic E-state index is 12.4. The summed E-state index contributed by atoms with van der Waals surface area (Å²) in [4.78, 5) is 3.58. The fourth-order valence-corrected chi connectivity index (χ4v) is 1.45. The number of aromatic nitrogens is 1. The smallest absolute Gasteiger partial charge is 0.282 e. The Morgan fingerprint density at radius 3 is 2.71 bits per heavy atom. The van der Waals surface area contributed by atoms with Crippen LogP contribution in [0.1, 0.15) is 17.7 Å². The third-order valence-electron chi connectivity index (χ3n) is 1.71. The van der Waals surface area contributed by atoms with Gasteiger partial charge in [0.2, 0.25) is 5.88 Å². The molecule has 0 radical (unpaired) electrons. The molecule has 14 heavy (non-hydrogen) atoms. The Kier molecular flexibility index (Phi) is 3.62. The highest BCUT2D eigenvalue weighted by atomic mass is 79.9. The van der Waals surface area contributed by atoms with Gasteiger partial charge in [-0.15, -0.1) is 0 Å². The third-order valence-corrected chi connectivity index (χ3v) is 2.31. The number of alkyl halides is 3. The summed E-state index contributed by atoms with van der Waals surface area (Å²) >= 11 is 3.15. The highest BCUT2D eigenvalue weighted by Gasteiger charge is 2.17. The summed E-state index contributed by atoms with van der Waals surface area (Å²) in [5.74, 6) is 0.143. The van der Waals surface area contributed by atoms with Crippen LogP contribution in [0.3, 0.4) is 0 Å². The van der Waals surface area contributed by atoms with Crippen LogP contribution in [0.25, 0.3) is 0 Å². The van der Waals surface area contributed by atoms with E-state index in [-0.39, 0.29) is 11.6 Å². The Labute approximate surface area is 88.4 Å². The van der Waals surface area contributed by atoms with E-state index in [4.69, 9.17) is 10.5 Å². The highest BCUT2D eigenvalue weighted by Crippen LogP contribution is 2.29. The van der Waals surface area contributed by atoms with Crippen LogP contribution in [0, 0.1) is 0 Å². The fourth-order valence-electron chi connectivity index (χ4n) is 0.984. The molecule has 0 aromatic carbocycles. The summed E-state index contributed by atoms with van der Waals surface area (Å²) < 4.78 is 29.7. The number of rotatable bonds is 3. The first kappa shape index (κ1) is 11.2. The first-order valence-electron chi connectivity index (χ1n) is 3.77. The Hall–Kier alpha value is -0.910. The van der Waals surface area contributed by atoms with Gasteiger partial charge in [0.25, 0.3) is 6.43 Å². The number of methoxy groups -OCH3 is 1. The molecule has 78 valence electrons. The Morgan fingerprint density at radius 1 is 1.64 bits per heavy atom. The number of nitrogens with zero attached hydrogens (tertiary/aromatic N) is 1. The van der Waals surface area contributed by atoms with Crippen molar-refractivity contribution in [3.63, 3.8) is 0 Å². The number of nitrogen functional groups attached to an aromatic ring is 1. The minimum Gasteiger partial charge on any atom is -0.481 e. The first-order valence-corrected chi connectivity index (χ1v) is 4.89. The van der Waals surface area contributed by atoms with Gasteiger partial charge in [-0.05, 0) is 5.56 Å². The van der Waals surface area contributed by atoms with Gasteiger partial charge in [-0.1, -0.05) is 15.9 Å². The van der Waals surface area contributed by atoms with Gasteiger partial charge in [-0.2, -0.15) is 0 Å². The van der Waals surface area contributed by atoms with E-state index in [2.05, 4.69) is 20.9 Å². The number of ether oxygens (including phenoxy) is 1. The predicted molar refractivity (Wildman–Crippen MR) is 52.8 cm³/mol. The summed E-state index contributed by atoms with van der Waals surface area (Å²) in [6.45, 7) is 0. The Morgan fingerprint density at radius 2 is 2.29 bits per heavy atom. The number of nitrogens with two attached hydrogens (primary N) is 1. The number of anilines is 1. The molecule has 6 heteroatoms. The van der Waals surface area contributed by atoms with E-state index in [1.807, 2.05) is 0 Å². The minimum atomic E-state index is -2.69. The van der Waals surface area contributed by atoms with E-state index in [0.717, 1.165) is 0 Å². The van der Waals surface area contributed by atoms with Crippen LogP contribution in [0.4, 0.5) is 14.5 Å². The maximum Gasteiger partial charge on any atom is 0.282 e. The molecule has 1 rings (SSSR count). The lowest BCUT2D eigenvalue weighted by Gasteiger charge is -2.10. The van der Waals surface area contributed by atoms with E-state index in [0.29, 0.717) is 10.9 Å². The molecule has 0 unspecified atom stereocenters. The maximum atomic E-state index is 12.4. The normalized spacial score (nSPS) is 10.6. The zero-order chi connectivity index (χ0) is 10.7. The molecule has 0 fully saturated rings. The van der Waals surface area contributed by atoms with Gasteiger partial charge < -0.3 is 10.5 Å². The van der Waals surface area contributed by atoms with Crippen LogP contribution in [-0.4, -0.2) is 12.1 Å². The SMILES string of the molecule is COc1cc(CBr)c(N)c(C(F)F)n1. The molecule has 3 nitrogen and oxygen atoms in total. The van der Waals surface area contributed by atoms with Crippen LogP contribution >= 0.6 is 15.9 Å². The molecule has 0 aliphatic carbocycles.